The van der Waals surface area contributed by atoms with E-state index >= 15 is 0 Å². The van der Waals surface area contributed by atoms with Gasteiger partial charge in [-0.2, -0.15) is 0 Å². The molecule has 0 aliphatic heterocycles. The molecule has 0 saturated carbocycles. The molecule has 0 radical (unpaired) electrons. The lowest BCUT2D eigenvalue weighted by atomic mass is 10.1. The van der Waals surface area contributed by atoms with Crippen LogP contribution < -0.4 is 5.32 Å². The van der Waals surface area contributed by atoms with Gasteiger partial charge in [0, 0.05) is 5.69 Å². The normalized spacial score (nSPS) is 11.1. The molecule has 0 fully saturated rings. The van der Waals surface area contributed by atoms with Crippen molar-refractivity contribution >= 4 is 21.4 Å². The van der Waals surface area contributed by atoms with E-state index in [9.17, 15) is 13.2 Å². The Hall–Kier alpha value is -2.92. The number of hydrogen-bond donors (Lipinski definition) is 1. The van der Waals surface area contributed by atoms with Gasteiger partial charge in [0.1, 0.15) is 0 Å². The molecule has 27 heavy (non-hydrogen) atoms. The quantitative estimate of drug-likeness (QED) is 0.670. The predicted octanol–water partition coefficient (Wildman–Crippen LogP) is 4.79. The van der Waals surface area contributed by atoms with Crippen molar-refractivity contribution in [3.8, 4) is 11.1 Å². The molecule has 5 heteroatoms. The van der Waals surface area contributed by atoms with E-state index in [4.69, 9.17) is 0 Å². The first kappa shape index (κ1) is 18.9. The van der Waals surface area contributed by atoms with Gasteiger partial charge in [-0.15, -0.1) is 0 Å². The van der Waals surface area contributed by atoms with E-state index in [0.29, 0.717) is 12.1 Å². The highest BCUT2D eigenvalue weighted by Gasteiger charge is 2.21. The lowest BCUT2D eigenvalue weighted by Crippen LogP contribution is -2.17. The maximum Gasteiger partial charge on any atom is 0.256 e. The van der Waals surface area contributed by atoms with Gasteiger partial charge in [-0.05, 0) is 41.8 Å². The summed E-state index contributed by atoms with van der Waals surface area (Å²) in [5.74, 6) is -0.416. The number of nitrogens with one attached hydrogen (secondary N) is 1. The molecule has 0 atom stereocenters. The number of rotatable bonds is 6. The van der Waals surface area contributed by atoms with Crippen LogP contribution in [0, 0.1) is 0 Å². The van der Waals surface area contributed by atoms with Gasteiger partial charge in [-0.3, -0.25) is 4.79 Å². The third-order valence-corrected chi connectivity index (χ3v) is 6.16. The molecular weight excluding hydrogens is 358 g/mol. The monoisotopic (exact) mass is 379 g/mol. The third-order valence-electron chi connectivity index (χ3n) is 4.19. The van der Waals surface area contributed by atoms with E-state index in [2.05, 4.69) is 5.32 Å². The first-order valence-electron chi connectivity index (χ1n) is 8.80. The second-order valence-electron chi connectivity index (χ2n) is 6.21. The number of sulfone groups is 1. The molecule has 0 aliphatic rings. The molecular formula is C22H21NO3S. The molecule has 3 rings (SSSR count). The average Bonchev–Trinajstić information content (AvgIpc) is 2.69. The van der Waals surface area contributed by atoms with Gasteiger partial charge in [0.25, 0.3) is 5.91 Å². The van der Waals surface area contributed by atoms with Crippen LogP contribution in [0.4, 0.5) is 5.69 Å². The highest BCUT2D eigenvalue weighted by atomic mass is 32.2. The van der Waals surface area contributed by atoms with Crippen molar-refractivity contribution in [1.29, 1.82) is 0 Å². The molecule has 0 spiro atoms. The Kier molecular flexibility index (Phi) is 5.72. The summed E-state index contributed by atoms with van der Waals surface area (Å²) < 4.78 is 24.9. The van der Waals surface area contributed by atoms with E-state index in [-0.39, 0.29) is 16.2 Å². The SMILES string of the molecule is CCCS(=O)(=O)c1ccccc1C(=O)Nc1ccc(-c2ccccc2)cc1. The minimum absolute atomic E-state index is 0.0169. The largest absolute Gasteiger partial charge is 0.322 e. The van der Waals surface area contributed by atoms with Crippen LogP contribution in [0.2, 0.25) is 0 Å². The fourth-order valence-corrected chi connectivity index (χ4v) is 4.42. The summed E-state index contributed by atoms with van der Waals surface area (Å²) in [7, 11) is -3.48. The van der Waals surface area contributed by atoms with E-state index < -0.39 is 15.7 Å². The topological polar surface area (TPSA) is 63.2 Å². The highest BCUT2D eigenvalue weighted by Crippen LogP contribution is 2.23. The maximum atomic E-state index is 12.7. The Morgan fingerprint density at radius 2 is 1.41 bits per heavy atom. The minimum Gasteiger partial charge on any atom is -0.322 e. The minimum atomic E-state index is -3.48. The highest BCUT2D eigenvalue weighted by molar-refractivity contribution is 7.91. The average molecular weight is 379 g/mol. The Bertz CT molecular complexity index is 1030. The van der Waals surface area contributed by atoms with E-state index in [1.165, 1.54) is 12.1 Å². The fraction of sp³-hybridized carbons (Fsp3) is 0.136. The van der Waals surface area contributed by atoms with Crippen LogP contribution >= 0.6 is 0 Å². The van der Waals surface area contributed by atoms with Crippen LogP contribution in [0.1, 0.15) is 23.7 Å². The van der Waals surface area contributed by atoms with Crippen molar-refractivity contribution in [2.75, 3.05) is 11.1 Å². The summed E-state index contributed by atoms with van der Waals surface area (Å²) in [5.41, 5.74) is 2.91. The predicted molar refractivity (Wildman–Crippen MR) is 109 cm³/mol. The Morgan fingerprint density at radius 1 is 0.815 bits per heavy atom. The van der Waals surface area contributed by atoms with Crippen LogP contribution in [-0.2, 0) is 9.84 Å². The van der Waals surface area contributed by atoms with Gasteiger partial charge in [0.15, 0.2) is 9.84 Å². The number of hydrogen-bond acceptors (Lipinski definition) is 3. The number of carbonyl (C=O) groups excluding carboxylic acids is 1. The van der Waals surface area contributed by atoms with Gasteiger partial charge in [-0.25, -0.2) is 8.42 Å². The molecule has 0 unspecified atom stereocenters. The van der Waals surface area contributed by atoms with Gasteiger partial charge < -0.3 is 5.32 Å². The second kappa shape index (κ2) is 8.18. The lowest BCUT2D eigenvalue weighted by molar-refractivity contribution is 0.102. The molecule has 3 aromatic carbocycles. The smallest absolute Gasteiger partial charge is 0.256 e. The molecule has 0 heterocycles. The fourth-order valence-electron chi connectivity index (χ4n) is 2.88. The summed E-state index contributed by atoms with van der Waals surface area (Å²) >= 11 is 0. The van der Waals surface area contributed by atoms with Crippen molar-refractivity contribution in [1.82, 2.24) is 0 Å². The van der Waals surface area contributed by atoms with Crippen molar-refractivity contribution in [2.45, 2.75) is 18.2 Å². The Labute approximate surface area is 159 Å². The zero-order valence-electron chi connectivity index (χ0n) is 15.1. The molecule has 0 saturated heterocycles. The van der Waals surface area contributed by atoms with Crippen LogP contribution in [0.15, 0.2) is 83.8 Å². The standard InChI is InChI=1S/C22H21NO3S/c1-2-16-27(25,26)21-11-7-6-10-20(21)22(24)23-19-14-12-18(13-15-19)17-8-4-3-5-9-17/h3-15H,2,16H2,1H3,(H,23,24). The number of carbonyl (C=O) groups is 1. The lowest BCUT2D eigenvalue weighted by Gasteiger charge is -2.11. The summed E-state index contributed by atoms with van der Waals surface area (Å²) in [6, 6.07) is 23.7. The molecule has 138 valence electrons. The number of benzene rings is 3. The van der Waals surface area contributed by atoms with Gasteiger partial charge in [0.2, 0.25) is 0 Å². The van der Waals surface area contributed by atoms with Crippen LogP contribution in [-0.4, -0.2) is 20.1 Å². The van der Waals surface area contributed by atoms with Gasteiger partial charge in [0.05, 0.1) is 16.2 Å². The summed E-state index contributed by atoms with van der Waals surface area (Å²) in [6.45, 7) is 1.80. The van der Waals surface area contributed by atoms with Crippen molar-refractivity contribution < 1.29 is 13.2 Å². The number of amides is 1. The molecule has 1 N–H and O–H groups in total. The molecule has 3 aromatic rings. The van der Waals surface area contributed by atoms with Crippen LogP contribution in [0.5, 0.6) is 0 Å². The summed E-state index contributed by atoms with van der Waals surface area (Å²) in [5, 5.41) is 2.79. The van der Waals surface area contributed by atoms with Crippen molar-refractivity contribution in [3.05, 3.63) is 84.4 Å². The zero-order valence-corrected chi connectivity index (χ0v) is 15.9. The molecule has 0 bridgehead atoms. The van der Waals surface area contributed by atoms with Crippen molar-refractivity contribution in [2.24, 2.45) is 0 Å². The second-order valence-corrected chi connectivity index (χ2v) is 8.29. The summed E-state index contributed by atoms with van der Waals surface area (Å²) in [4.78, 5) is 12.7. The first-order chi connectivity index (χ1) is 13.0. The van der Waals surface area contributed by atoms with Gasteiger partial charge in [-0.1, -0.05) is 61.5 Å². The third kappa shape index (κ3) is 4.44. The zero-order chi connectivity index (χ0) is 19.3. The van der Waals surface area contributed by atoms with Crippen molar-refractivity contribution in [3.63, 3.8) is 0 Å². The van der Waals surface area contributed by atoms with Crippen LogP contribution in [0.25, 0.3) is 11.1 Å². The van der Waals surface area contributed by atoms with E-state index in [0.717, 1.165) is 11.1 Å². The Balaban J connectivity index is 1.82. The van der Waals surface area contributed by atoms with E-state index in [1.807, 2.05) is 54.6 Å². The molecule has 0 aromatic heterocycles. The Morgan fingerprint density at radius 3 is 2.07 bits per heavy atom. The van der Waals surface area contributed by atoms with Gasteiger partial charge >= 0.3 is 0 Å². The first-order valence-corrected chi connectivity index (χ1v) is 10.4. The van der Waals surface area contributed by atoms with Crippen LogP contribution in [0.3, 0.4) is 0 Å². The molecule has 4 nitrogen and oxygen atoms in total. The molecule has 1 amide bonds. The maximum absolute atomic E-state index is 12.7. The van der Waals surface area contributed by atoms with E-state index in [1.54, 1.807) is 19.1 Å². The molecule has 0 aliphatic carbocycles. The number of anilines is 1. The summed E-state index contributed by atoms with van der Waals surface area (Å²) in [6.07, 6.45) is 0.499.